The SMILES string of the molecule is NC(=O)c1scc(-c2ccc(OC(F)(F)F)cc2)c1N. The molecule has 1 heterocycles. The van der Waals surface area contributed by atoms with Gasteiger partial charge in [0.05, 0.1) is 5.69 Å². The number of ether oxygens (including phenoxy) is 1. The van der Waals surface area contributed by atoms with E-state index in [0.717, 1.165) is 11.3 Å². The van der Waals surface area contributed by atoms with E-state index >= 15 is 0 Å². The van der Waals surface area contributed by atoms with Crippen LogP contribution in [0.4, 0.5) is 18.9 Å². The number of thiophene rings is 1. The van der Waals surface area contributed by atoms with Gasteiger partial charge in [-0.1, -0.05) is 12.1 Å². The topological polar surface area (TPSA) is 78.3 Å². The van der Waals surface area contributed by atoms with Gasteiger partial charge in [-0.3, -0.25) is 4.79 Å². The van der Waals surface area contributed by atoms with Crippen LogP contribution in [0.1, 0.15) is 9.67 Å². The molecule has 0 atom stereocenters. The molecule has 2 rings (SSSR count). The Labute approximate surface area is 115 Å². The van der Waals surface area contributed by atoms with Crippen LogP contribution in [-0.2, 0) is 0 Å². The fraction of sp³-hybridized carbons (Fsp3) is 0.0833. The quantitative estimate of drug-likeness (QED) is 0.915. The van der Waals surface area contributed by atoms with Gasteiger partial charge in [-0.25, -0.2) is 0 Å². The van der Waals surface area contributed by atoms with Crippen LogP contribution in [0.15, 0.2) is 29.6 Å². The summed E-state index contributed by atoms with van der Waals surface area (Å²) in [4.78, 5) is 11.3. The van der Waals surface area contributed by atoms with E-state index in [-0.39, 0.29) is 16.3 Å². The highest BCUT2D eigenvalue weighted by Crippen LogP contribution is 2.35. The molecule has 8 heteroatoms. The van der Waals surface area contributed by atoms with Crippen LogP contribution < -0.4 is 16.2 Å². The number of hydrogen-bond acceptors (Lipinski definition) is 4. The highest BCUT2D eigenvalue weighted by atomic mass is 32.1. The van der Waals surface area contributed by atoms with Gasteiger partial charge in [0.2, 0.25) is 0 Å². The van der Waals surface area contributed by atoms with Crippen LogP contribution in [0.3, 0.4) is 0 Å². The van der Waals surface area contributed by atoms with Gasteiger partial charge in [-0.05, 0) is 17.7 Å². The lowest BCUT2D eigenvalue weighted by Gasteiger charge is -2.09. The summed E-state index contributed by atoms with van der Waals surface area (Å²) >= 11 is 1.08. The van der Waals surface area contributed by atoms with E-state index in [1.54, 1.807) is 5.38 Å². The first-order valence-electron chi connectivity index (χ1n) is 5.31. The third kappa shape index (κ3) is 3.02. The molecule has 0 spiro atoms. The molecule has 106 valence electrons. The minimum Gasteiger partial charge on any atom is -0.406 e. The number of anilines is 1. The predicted molar refractivity (Wildman–Crippen MR) is 69.4 cm³/mol. The number of primary amides is 1. The maximum Gasteiger partial charge on any atom is 0.573 e. The standard InChI is InChI=1S/C12H9F3N2O2S/c13-12(14,15)19-7-3-1-6(2-4-7)8-5-20-10(9(8)16)11(17)18/h1-5H,16H2,(H2,17,18). The second kappa shape index (κ2) is 5.04. The third-order valence-electron chi connectivity index (χ3n) is 2.45. The molecule has 2 aromatic rings. The molecule has 0 radical (unpaired) electrons. The van der Waals surface area contributed by atoms with Crippen molar-refractivity contribution in [1.82, 2.24) is 0 Å². The Kier molecular flexibility index (Phi) is 3.58. The molecule has 1 aromatic carbocycles. The third-order valence-corrected chi connectivity index (χ3v) is 3.46. The first-order chi connectivity index (χ1) is 9.28. The summed E-state index contributed by atoms with van der Waals surface area (Å²) in [6.45, 7) is 0. The van der Waals surface area contributed by atoms with Crippen LogP contribution in [0.25, 0.3) is 11.1 Å². The Morgan fingerprint density at radius 2 is 1.80 bits per heavy atom. The zero-order chi connectivity index (χ0) is 14.9. The first-order valence-corrected chi connectivity index (χ1v) is 6.19. The molecule has 0 bridgehead atoms. The molecule has 0 aliphatic heterocycles. The molecule has 4 nitrogen and oxygen atoms in total. The summed E-state index contributed by atoms with van der Waals surface area (Å²) in [5.41, 5.74) is 12.2. The van der Waals surface area contributed by atoms with Crippen molar-refractivity contribution in [2.24, 2.45) is 5.73 Å². The Bertz CT molecular complexity index is 635. The van der Waals surface area contributed by atoms with Crippen LogP contribution in [0, 0.1) is 0 Å². The second-order valence-corrected chi connectivity index (χ2v) is 4.71. The number of alkyl halides is 3. The number of rotatable bonds is 3. The predicted octanol–water partition coefficient (Wildman–Crippen LogP) is 2.99. The highest BCUT2D eigenvalue weighted by Gasteiger charge is 2.31. The highest BCUT2D eigenvalue weighted by molar-refractivity contribution is 7.13. The minimum absolute atomic E-state index is 0.215. The lowest BCUT2D eigenvalue weighted by Crippen LogP contribution is -2.16. The molecule has 0 saturated carbocycles. The number of halogens is 3. The zero-order valence-corrected chi connectivity index (χ0v) is 10.7. The molecule has 0 fully saturated rings. The van der Waals surface area contributed by atoms with Crippen molar-refractivity contribution in [3.05, 3.63) is 34.5 Å². The van der Waals surface area contributed by atoms with Crippen molar-refractivity contribution in [3.8, 4) is 16.9 Å². The van der Waals surface area contributed by atoms with Crippen molar-refractivity contribution >= 4 is 22.9 Å². The average molecular weight is 302 g/mol. The Morgan fingerprint density at radius 1 is 1.20 bits per heavy atom. The second-order valence-electron chi connectivity index (χ2n) is 3.83. The summed E-state index contributed by atoms with van der Waals surface area (Å²) in [5.74, 6) is -0.971. The van der Waals surface area contributed by atoms with Crippen molar-refractivity contribution in [3.63, 3.8) is 0 Å². The van der Waals surface area contributed by atoms with Crippen molar-refractivity contribution in [1.29, 1.82) is 0 Å². The summed E-state index contributed by atoms with van der Waals surface area (Å²) in [6, 6.07) is 5.18. The maximum absolute atomic E-state index is 12.0. The molecule has 1 amide bonds. The van der Waals surface area contributed by atoms with Gasteiger partial charge in [0.25, 0.3) is 5.91 Å². The van der Waals surface area contributed by atoms with E-state index in [0.29, 0.717) is 11.1 Å². The summed E-state index contributed by atoms with van der Waals surface area (Å²) in [5, 5.41) is 1.62. The molecule has 0 unspecified atom stereocenters. The van der Waals surface area contributed by atoms with Gasteiger partial charge in [-0.2, -0.15) is 0 Å². The van der Waals surface area contributed by atoms with E-state index in [1.807, 2.05) is 0 Å². The molecular weight excluding hydrogens is 293 g/mol. The molecule has 0 aliphatic rings. The number of amides is 1. The Morgan fingerprint density at radius 3 is 2.25 bits per heavy atom. The number of benzene rings is 1. The average Bonchev–Trinajstić information content (AvgIpc) is 2.70. The summed E-state index contributed by atoms with van der Waals surface area (Å²) < 4.78 is 39.9. The monoisotopic (exact) mass is 302 g/mol. The van der Waals surface area contributed by atoms with Crippen molar-refractivity contribution < 1.29 is 22.7 Å². The van der Waals surface area contributed by atoms with E-state index in [1.165, 1.54) is 24.3 Å². The van der Waals surface area contributed by atoms with Crippen LogP contribution >= 0.6 is 11.3 Å². The Hall–Kier alpha value is -2.22. The summed E-state index contributed by atoms with van der Waals surface area (Å²) in [6.07, 6.45) is -4.73. The minimum atomic E-state index is -4.73. The smallest absolute Gasteiger partial charge is 0.406 e. The van der Waals surface area contributed by atoms with Gasteiger partial charge < -0.3 is 16.2 Å². The molecule has 4 N–H and O–H groups in total. The van der Waals surface area contributed by atoms with E-state index in [2.05, 4.69) is 4.74 Å². The fourth-order valence-corrected chi connectivity index (χ4v) is 2.47. The van der Waals surface area contributed by atoms with Crippen LogP contribution in [0.2, 0.25) is 0 Å². The van der Waals surface area contributed by atoms with Gasteiger partial charge in [0, 0.05) is 10.9 Å². The normalized spacial score (nSPS) is 11.3. The van der Waals surface area contributed by atoms with E-state index in [4.69, 9.17) is 11.5 Å². The van der Waals surface area contributed by atoms with Crippen molar-refractivity contribution in [2.75, 3.05) is 5.73 Å². The number of nitrogens with two attached hydrogens (primary N) is 2. The van der Waals surface area contributed by atoms with Gasteiger partial charge in [0.1, 0.15) is 10.6 Å². The van der Waals surface area contributed by atoms with Crippen LogP contribution in [-0.4, -0.2) is 12.3 Å². The largest absolute Gasteiger partial charge is 0.573 e. The van der Waals surface area contributed by atoms with Crippen molar-refractivity contribution in [2.45, 2.75) is 6.36 Å². The van der Waals surface area contributed by atoms with Crippen LogP contribution in [0.5, 0.6) is 5.75 Å². The lowest BCUT2D eigenvalue weighted by molar-refractivity contribution is -0.274. The fourth-order valence-electron chi connectivity index (χ4n) is 1.62. The molecule has 0 aliphatic carbocycles. The molecule has 1 aromatic heterocycles. The van der Waals surface area contributed by atoms with E-state index in [9.17, 15) is 18.0 Å². The number of nitrogen functional groups attached to an aromatic ring is 1. The zero-order valence-electron chi connectivity index (χ0n) is 9.90. The van der Waals surface area contributed by atoms with Gasteiger partial charge >= 0.3 is 6.36 Å². The van der Waals surface area contributed by atoms with Gasteiger partial charge in [-0.15, -0.1) is 24.5 Å². The molecular formula is C12H9F3N2O2S. The first kappa shape index (κ1) is 14.2. The molecule has 0 saturated heterocycles. The summed E-state index contributed by atoms with van der Waals surface area (Å²) in [7, 11) is 0. The number of carbonyl (C=O) groups excluding carboxylic acids is 1. The maximum atomic E-state index is 12.0. The number of hydrogen-bond donors (Lipinski definition) is 2. The Balaban J connectivity index is 2.29. The lowest BCUT2D eigenvalue weighted by atomic mass is 10.1. The van der Waals surface area contributed by atoms with Gasteiger partial charge in [0.15, 0.2) is 0 Å². The number of carbonyl (C=O) groups is 1. The molecule has 20 heavy (non-hydrogen) atoms. The van der Waals surface area contributed by atoms with E-state index < -0.39 is 12.3 Å².